The Hall–Kier alpha value is -5.09. The van der Waals surface area contributed by atoms with E-state index in [0.29, 0.717) is 34.1 Å². The van der Waals surface area contributed by atoms with Gasteiger partial charge in [0.1, 0.15) is 17.2 Å². The van der Waals surface area contributed by atoms with Crippen LogP contribution in [0.5, 0.6) is 11.5 Å². The summed E-state index contributed by atoms with van der Waals surface area (Å²) < 4.78 is 40.5. The van der Waals surface area contributed by atoms with Crippen molar-refractivity contribution in [2.75, 3.05) is 75.7 Å². The molecule has 0 bridgehead atoms. The minimum atomic E-state index is -3.55. The molecule has 0 spiro atoms. The Balaban J connectivity index is 0.000000389. The number of hydrogen-bond donors (Lipinski definition) is 3. The summed E-state index contributed by atoms with van der Waals surface area (Å²) in [5.41, 5.74) is 9.68. The molecule has 3 heterocycles. The van der Waals surface area contributed by atoms with Gasteiger partial charge in [-0.2, -0.15) is 13.8 Å². The molecule has 2 aliphatic carbocycles. The Morgan fingerprint density at radius 1 is 0.963 bits per heavy atom. The van der Waals surface area contributed by atoms with Crippen molar-refractivity contribution in [1.82, 2.24) is 25.3 Å². The number of ether oxygens (including phenoxy) is 2. The fraction of sp³-hybridized carbons (Fsp3) is 0.500. The van der Waals surface area contributed by atoms with Crippen LogP contribution in [0, 0.1) is 5.92 Å². The summed E-state index contributed by atoms with van der Waals surface area (Å²) in [6.45, 7) is 3.84. The molecule has 7 rings (SSSR count). The largest absolute Gasteiger partial charge is 0.496 e. The summed E-state index contributed by atoms with van der Waals surface area (Å²) in [4.78, 5) is 50.4. The Labute approximate surface area is 313 Å². The number of fused-ring (bicyclic) bond motifs is 1. The molecule has 290 valence electrons. The summed E-state index contributed by atoms with van der Waals surface area (Å²) >= 11 is 0. The fourth-order valence-corrected chi connectivity index (χ4v) is 7.10. The fourth-order valence-electron chi connectivity index (χ4n) is 7.10. The monoisotopic (exact) mass is 749 g/mol. The van der Waals surface area contributed by atoms with Crippen molar-refractivity contribution in [3.8, 4) is 11.5 Å². The smallest absolute Gasteiger partial charge is 0.342 e. The number of nitrogens with one attached hydrogen (secondary N) is 2. The summed E-state index contributed by atoms with van der Waals surface area (Å²) in [6.07, 6.45) is 8.52. The molecule has 4 aliphatic rings. The first-order valence-electron chi connectivity index (χ1n) is 18.4. The first kappa shape index (κ1) is 38.6. The summed E-state index contributed by atoms with van der Waals surface area (Å²) in [5.74, 6) is -3.28. The molecule has 3 aromatic rings. The Bertz CT molecular complexity index is 1810. The van der Waals surface area contributed by atoms with Crippen LogP contribution in [0.4, 0.5) is 31.9 Å². The van der Waals surface area contributed by atoms with Crippen molar-refractivity contribution < 1.29 is 32.6 Å². The number of rotatable bonds is 10. The van der Waals surface area contributed by atoms with E-state index in [1.54, 1.807) is 47.4 Å². The molecule has 4 N–H and O–H groups in total. The van der Waals surface area contributed by atoms with Gasteiger partial charge in [0.2, 0.25) is 5.95 Å². The van der Waals surface area contributed by atoms with Gasteiger partial charge in [-0.05, 0) is 61.9 Å². The minimum Gasteiger partial charge on any atom is -0.496 e. The van der Waals surface area contributed by atoms with Crippen molar-refractivity contribution in [2.45, 2.75) is 56.9 Å². The number of benzene rings is 2. The van der Waals surface area contributed by atoms with Crippen LogP contribution in [-0.4, -0.2) is 110 Å². The van der Waals surface area contributed by atoms with E-state index >= 15 is 0 Å². The number of anilines is 4. The van der Waals surface area contributed by atoms with Gasteiger partial charge in [0, 0.05) is 51.4 Å². The van der Waals surface area contributed by atoms with E-state index in [-0.39, 0.29) is 23.6 Å². The molecule has 16 heteroatoms. The van der Waals surface area contributed by atoms with Crippen LogP contribution >= 0.6 is 0 Å². The topological polar surface area (TPSA) is 158 Å². The van der Waals surface area contributed by atoms with Gasteiger partial charge in [-0.15, -0.1) is 0 Å². The lowest BCUT2D eigenvalue weighted by Gasteiger charge is -2.35. The van der Waals surface area contributed by atoms with Gasteiger partial charge >= 0.3 is 5.92 Å². The Morgan fingerprint density at radius 3 is 2.31 bits per heavy atom. The molecule has 3 amide bonds. The van der Waals surface area contributed by atoms with Gasteiger partial charge in [0.15, 0.2) is 5.82 Å². The number of hydrogen-bond acceptors (Lipinski definition) is 11. The third-order valence-corrected chi connectivity index (χ3v) is 10.3. The van der Waals surface area contributed by atoms with Crippen LogP contribution in [0.25, 0.3) is 0 Å². The van der Waals surface area contributed by atoms with Crippen molar-refractivity contribution >= 4 is 40.9 Å². The minimum absolute atomic E-state index is 0.145. The SMILES string of the molecule is COc1cc(C(=O)NN2CCN(CC3CC3)CC2)ccc1Nc1ncc2c(n1)N(C1CCCCC1)CC(F)(F)C(=O)N2C.COc1ccccc1C(N)=O. The predicted octanol–water partition coefficient (Wildman–Crippen LogP) is 4.45. The van der Waals surface area contributed by atoms with Gasteiger partial charge in [-0.1, -0.05) is 31.4 Å². The van der Waals surface area contributed by atoms with E-state index in [4.69, 9.17) is 15.2 Å². The van der Waals surface area contributed by atoms with E-state index in [0.717, 1.165) is 75.6 Å². The van der Waals surface area contributed by atoms with Gasteiger partial charge in [0.25, 0.3) is 17.7 Å². The summed E-state index contributed by atoms with van der Waals surface area (Å²) in [7, 11) is 4.34. The second kappa shape index (κ2) is 16.9. The van der Waals surface area contributed by atoms with Gasteiger partial charge < -0.3 is 35.2 Å². The van der Waals surface area contributed by atoms with Crippen molar-refractivity contribution in [1.29, 1.82) is 0 Å². The van der Waals surface area contributed by atoms with Gasteiger partial charge in [-0.25, -0.2) is 9.99 Å². The maximum atomic E-state index is 15.0. The first-order chi connectivity index (χ1) is 26.0. The summed E-state index contributed by atoms with van der Waals surface area (Å²) in [5, 5.41) is 5.08. The second-order valence-electron chi connectivity index (χ2n) is 14.2. The van der Waals surface area contributed by atoms with Crippen molar-refractivity contribution in [3.63, 3.8) is 0 Å². The Morgan fingerprint density at radius 2 is 1.67 bits per heavy atom. The molecule has 0 unspecified atom stereocenters. The van der Waals surface area contributed by atoms with Crippen LogP contribution in [0.1, 0.15) is 65.7 Å². The maximum absolute atomic E-state index is 15.0. The number of primary amides is 1. The number of methoxy groups -OCH3 is 2. The average Bonchev–Trinajstić information content (AvgIpc) is 4.02. The lowest BCUT2D eigenvalue weighted by atomic mass is 9.94. The molecule has 14 nitrogen and oxygen atoms in total. The number of alkyl halides is 2. The normalized spacial score (nSPS) is 19.2. The average molecular weight is 750 g/mol. The molecule has 0 atom stereocenters. The van der Waals surface area contributed by atoms with Crippen LogP contribution < -0.4 is 35.7 Å². The highest BCUT2D eigenvalue weighted by molar-refractivity contribution is 6.02. The van der Waals surface area contributed by atoms with E-state index in [9.17, 15) is 23.2 Å². The van der Waals surface area contributed by atoms with Crippen LogP contribution in [0.2, 0.25) is 0 Å². The molecule has 2 aliphatic heterocycles. The number of para-hydroxylation sites is 1. The zero-order chi connectivity index (χ0) is 38.4. The van der Waals surface area contributed by atoms with Crippen molar-refractivity contribution in [2.24, 2.45) is 11.7 Å². The van der Waals surface area contributed by atoms with Gasteiger partial charge in [-0.3, -0.25) is 19.8 Å². The third kappa shape index (κ3) is 9.16. The van der Waals surface area contributed by atoms with Crippen molar-refractivity contribution in [3.05, 3.63) is 59.8 Å². The second-order valence-corrected chi connectivity index (χ2v) is 14.2. The number of hydrazine groups is 1. The highest BCUT2D eigenvalue weighted by atomic mass is 19.3. The number of nitrogens with zero attached hydrogens (tertiary/aromatic N) is 6. The van der Waals surface area contributed by atoms with Gasteiger partial charge in [0.05, 0.1) is 38.2 Å². The number of amides is 3. The van der Waals surface area contributed by atoms with Crippen LogP contribution in [-0.2, 0) is 4.79 Å². The van der Waals surface area contributed by atoms with Crippen LogP contribution in [0.3, 0.4) is 0 Å². The number of halogens is 2. The third-order valence-electron chi connectivity index (χ3n) is 10.3. The molecular weight excluding hydrogens is 700 g/mol. The van der Waals surface area contributed by atoms with E-state index in [2.05, 4.69) is 25.6 Å². The summed E-state index contributed by atoms with van der Waals surface area (Å²) in [6, 6.07) is 11.7. The molecule has 2 aromatic carbocycles. The highest BCUT2D eigenvalue weighted by Gasteiger charge is 2.48. The molecule has 2 saturated carbocycles. The molecule has 54 heavy (non-hydrogen) atoms. The lowest BCUT2D eigenvalue weighted by Crippen LogP contribution is -2.53. The highest BCUT2D eigenvalue weighted by Crippen LogP contribution is 2.40. The number of carbonyl (C=O) groups is 3. The first-order valence-corrected chi connectivity index (χ1v) is 18.4. The molecular formula is C38H49F2N9O5. The standard InChI is InChI=1S/C30H40F2N8O3.C8H9NO2/c1-37-24-17-33-29(35-26(24)40(19-30(31,32)28(37)42)22-6-4-3-5-7-22)34-23-11-10-21(16-25(23)43-2)27(41)36-39-14-12-38(13-15-39)18-20-8-9-20;1-11-7-5-3-2-4-6(7)8(9)10/h10-11,16-17,20,22H,3-9,12-15,18-19H2,1-2H3,(H,36,41)(H,33,34,35);2-5H,1H3,(H2,9,10). The quantitative estimate of drug-likeness (QED) is 0.269. The predicted molar refractivity (Wildman–Crippen MR) is 201 cm³/mol. The number of carbonyl (C=O) groups excluding carboxylic acids is 3. The Kier molecular flexibility index (Phi) is 12.1. The van der Waals surface area contributed by atoms with E-state index in [1.165, 1.54) is 40.3 Å². The van der Waals surface area contributed by atoms with E-state index < -0.39 is 24.3 Å². The number of aromatic nitrogens is 2. The number of piperazine rings is 1. The molecule has 1 aromatic heterocycles. The maximum Gasteiger partial charge on any atom is 0.342 e. The zero-order valence-corrected chi connectivity index (χ0v) is 31.0. The molecule has 1 saturated heterocycles. The number of nitrogens with two attached hydrogens (primary N) is 1. The lowest BCUT2D eigenvalue weighted by molar-refractivity contribution is -0.140. The molecule has 3 fully saturated rings. The zero-order valence-electron chi connectivity index (χ0n) is 31.0. The molecule has 0 radical (unpaired) electrons. The van der Waals surface area contributed by atoms with E-state index in [1.807, 2.05) is 5.01 Å². The van der Waals surface area contributed by atoms with Crippen LogP contribution in [0.15, 0.2) is 48.7 Å².